The van der Waals surface area contributed by atoms with Crippen molar-refractivity contribution in [2.75, 3.05) is 12.4 Å². The first kappa shape index (κ1) is 24.4. The maximum absolute atomic E-state index is 12.8. The molecule has 0 unspecified atom stereocenters. The minimum atomic E-state index is -0.391. The Bertz CT molecular complexity index is 1340. The van der Waals surface area contributed by atoms with Crippen LogP contribution in [0.5, 0.6) is 0 Å². The molecule has 0 spiro atoms. The third-order valence-corrected chi connectivity index (χ3v) is 9.03. The number of ether oxygens (including phenoxy) is 1. The molecule has 1 aromatic carbocycles. The summed E-state index contributed by atoms with van der Waals surface area (Å²) in [5.41, 5.74) is 2.40. The Labute approximate surface area is 219 Å². The molecule has 2 heterocycles. The number of hydrogen-bond acceptors (Lipinski definition) is 8. The standard InChI is InChI=1S/C27H30N6O3S/c1-28-27(8-9-27)33(2)19-10-17(11-19)25(35)32-26-31-20-7-6-16(12-23(20)37-26)18-13-29-24(30-14-18)15-36-22-5-3-4-21(22)34/h6-7,12-14,17,19,21-22,34H,3-5,8-11,15H2,2H3,(H,31,32,35)/t17?,19?,21-,22-/m0/s1. The van der Waals surface area contributed by atoms with E-state index in [1.54, 1.807) is 12.4 Å². The fourth-order valence-electron chi connectivity index (χ4n) is 5.34. The molecule has 9 nitrogen and oxygen atoms in total. The van der Waals surface area contributed by atoms with Gasteiger partial charge in [-0.25, -0.2) is 26.4 Å². The van der Waals surface area contributed by atoms with Crippen LogP contribution in [0.3, 0.4) is 0 Å². The lowest BCUT2D eigenvalue weighted by molar-refractivity contribution is -0.124. The predicted molar refractivity (Wildman–Crippen MR) is 141 cm³/mol. The Morgan fingerprint density at radius 3 is 2.73 bits per heavy atom. The van der Waals surface area contributed by atoms with Crippen molar-refractivity contribution in [2.24, 2.45) is 5.92 Å². The summed E-state index contributed by atoms with van der Waals surface area (Å²) in [4.78, 5) is 32.2. The molecule has 0 radical (unpaired) electrons. The Hall–Kier alpha value is -2.97. The zero-order valence-corrected chi connectivity index (χ0v) is 21.6. The van der Waals surface area contributed by atoms with Crippen molar-refractivity contribution in [3.8, 4) is 11.1 Å². The second-order valence-corrected chi connectivity index (χ2v) is 11.5. The van der Waals surface area contributed by atoms with Gasteiger partial charge in [-0.05, 0) is 56.8 Å². The Morgan fingerprint density at radius 2 is 2.05 bits per heavy atom. The lowest BCUT2D eigenvalue weighted by atomic mass is 9.78. The fraction of sp³-hybridized carbons (Fsp3) is 0.519. The van der Waals surface area contributed by atoms with Crippen LogP contribution in [-0.2, 0) is 16.1 Å². The number of thiazole rings is 1. The molecule has 2 aromatic heterocycles. The monoisotopic (exact) mass is 518 g/mol. The van der Waals surface area contributed by atoms with Gasteiger partial charge in [-0.15, -0.1) is 0 Å². The summed E-state index contributed by atoms with van der Waals surface area (Å²) >= 11 is 1.46. The summed E-state index contributed by atoms with van der Waals surface area (Å²) in [6.45, 7) is 7.73. The van der Waals surface area contributed by atoms with Gasteiger partial charge in [-0.1, -0.05) is 17.4 Å². The second kappa shape index (κ2) is 9.72. The normalized spacial score (nSPS) is 26.1. The lowest BCUT2D eigenvalue weighted by Gasteiger charge is -2.40. The SMILES string of the molecule is [C-]#[N+]C1(N(C)C2CC(C(=O)Nc3nc4ccc(-c5cnc(CO[C@H]6CCC[C@@H]6O)nc5)cc4s3)C2)CC1. The van der Waals surface area contributed by atoms with E-state index in [-0.39, 0.29) is 30.2 Å². The molecule has 3 saturated carbocycles. The number of nitrogens with one attached hydrogen (secondary N) is 1. The number of aliphatic hydroxyl groups is 1. The Balaban J connectivity index is 1.05. The third kappa shape index (κ3) is 4.84. The average molecular weight is 519 g/mol. The zero-order chi connectivity index (χ0) is 25.6. The van der Waals surface area contributed by atoms with E-state index in [9.17, 15) is 9.90 Å². The number of benzene rings is 1. The van der Waals surface area contributed by atoms with Crippen LogP contribution in [0.2, 0.25) is 0 Å². The fourth-order valence-corrected chi connectivity index (χ4v) is 6.25. The molecule has 3 aliphatic rings. The first-order valence-electron chi connectivity index (χ1n) is 12.9. The van der Waals surface area contributed by atoms with E-state index in [2.05, 4.69) is 30.0 Å². The van der Waals surface area contributed by atoms with Gasteiger partial charge in [0.1, 0.15) is 6.61 Å². The second-order valence-electron chi connectivity index (χ2n) is 10.5. The van der Waals surface area contributed by atoms with Crippen LogP contribution in [0.25, 0.3) is 26.2 Å². The zero-order valence-electron chi connectivity index (χ0n) is 20.8. The van der Waals surface area contributed by atoms with Crippen LogP contribution >= 0.6 is 11.3 Å². The topological polar surface area (TPSA) is 105 Å². The van der Waals surface area contributed by atoms with Crippen molar-refractivity contribution in [2.45, 2.75) is 75.5 Å². The van der Waals surface area contributed by atoms with Gasteiger partial charge in [0.2, 0.25) is 5.91 Å². The highest BCUT2D eigenvalue weighted by Crippen LogP contribution is 2.47. The van der Waals surface area contributed by atoms with Crippen molar-refractivity contribution in [1.29, 1.82) is 0 Å². The number of amides is 1. The molecule has 37 heavy (non-hydrogen) atoms. The summed E-state index contributed by atoms with van der Waals surface area (Å²) in [5.74, 6) is 0.568. The number of nitrogens with zero attached hydrogens (tertiary/aromatic N) is 5. The van der Waals surface area contributed by atoms with Crippen LogP contribution in [0.1, 0.15) is 50.8 Å². The van der Waals surface area contributed by atoms with E-state index in [0.717, 1.165) is 66.3 Å². The summed E-state index contributed by atoms with van der Waals surface area (Å²) in [6, 6.07) is 6.28. The number of fused-ring (bicyclic) bond motifs is 1. The first-order valence-corrected chi connectivity index (χ1v) is 13.7. The van der Waals surface area contributed by atoms with Crippen molar-refractivity contribution >= 4 is 32.6 Å². The summed E-state index contributed by atoms with van der Waals surface area (Å²) < 4.78 is 6.76. The van der Waals surface area contributed by atoms with Gasteiger partial charge < -0.3 is 15.2 Å². The van der Waals surface area contributed by atoms with Crippen LogP contribution in [0, 0.1) is 12.5 Å². The summed E-state index contributed by atoms with van der Waals surface area (Å²) in [6.07, 6.45) is 9.15. The molecule has 3 fully saturated rings. The van der Waals surface area contributed by atoms with Crippen molar-refractivity contribution in [3.63, 3.8) is 0 Å². The predicted octanol–water partition coefficient (Wildman–Crippen LogP) is 4.24. The Morgan fingerprint density at radius 1 is 1.27 bits per heavy atom. The highest BCUT2D eigenvalue weighted by Gasteiger charge is 2.58. The van der Waals surface area contributed by atoms with Gasteiger partial charge in [-0.2, -0.15) is 0 Å². The Kier molecular flexibility index (Phi) is 6.41. The van der Waals surface area contributed by atoms with Gasteiger partial charge >= 0.3 is 0 Å². The van der Waals surface area contributed by atoms with E-state index in [1.807, 2.05) is 25.2 Å². The molecular formula is C27H30N6O3S. The van der Waals surface area contributed by atoms with E-state index in [0.29, 0.717) is 17.0 Å². The van der Waals surface area contributed by atoms with E-state index >= 15 is 0 Å². The van der Waals surface area contributed by atoms with Crippen LogP contribution in [0.4, 0.5) is 5.13 Å². The number of hydrogen-bond donors (Lipinski definition) is 2. The molecule has 0 bridgehead atoms. The van der Waals surface area contributed by atoms with Crippen LogP contribution in [0.15, 0.2) is 30.6 Å². The third-order valence-electron chi connectivity index (χ3n) is 8.09. The largest absolute Gasteiger partial charge is 0.390 e. The number of anilines is 1. The number of aromatic nitrogens is 3. The van der Waals surface area contributed by atoms with E-state index in [4.69, 9.17) is 11.3 Å². The summed E-state index contributed by atoms with van der Waals surface area (Å²) in [7, 11) is 2.02. The van der Waals surface area contributed by atoms with Crippen LogP contribution < -0.4 is 5.32 Å². The number of carbonyl (C=O) groups excluding carboxylic acids is 1. The van der Waals surface area contributed by atoms with Crippen LogP contribution in [-0.4, -0.2) is 61.8 Å². The molecule has 6 rings (SSSR count). The molecule has 2 N–H and O–H groups in total. The molecule has 0 saturated heterocycles. The lowest BCUT2D eigenvalue weighted by Crippen LogP contribution is -2.50. The molecule has 2 atom stereocenters. The summed E-state index contributed by atoms with van der Waals surface area (Å²) in [5, 5.41) is 13.5. The quantitative estimate of drug-likeness (QED) is 0.430. The minimum absolute atomic E-state index is 0.00733. The molecule has 3 aliphatic carbocycles. The smallest absolute Gasteiger partial charge is 0.289 e. The van der Waals surface area contributed by atoms with Gasteiger partial charge in [0.05, 0.1) is 35.3 Å². The number of carbonyl (C=O) groups is 1. The molecule has 3 aromatic rings. The molecular weight excluding hydrogens is 488 g/mol. The average Bonchev–Trinajstić information content (AvgIpc) is 3.42. The number of rotatable bonds is 8. The van der Waals surface area contributed by atoms with Crippen molar-refractivity contribution < 1.29 is 14.6 Å². The first-order chi connectivity index (χ1) is 17.9. The van der Waals surface area contributed by atoms with Gasteiger partial charge in [-0.3, -0.25) is 9.64 Å². The highest BCUT2D eigenvalue weighted by molar-refractivity contribution is 7.22. The maximum atomic E-state index is 12.8. The molecule has 1 amide bonds. The maximum Gasteiger partial charge on any atom is 0.289 e. The molecule has 0 aliphatic heterocycles. The highest BCUT2D eigenvalue weighted by atomic mass is 32.1. The molecule has 192 valence electrons. The van der Waals surface area contributed by atoms with Crippen molar-refractivity contribution in [3.05, 3.63) is 47.8 Å². The van der Waals surface area contributed by atoms with E-state index in [1.165, 1.54) is 11.3 Å². The van der Waals surface area contributed by atoms with Crippen molar-refractivity contribution in [1.82, 2.24) is 19.9 Å². The van der Waals surface area contributed by atoms with Gasteiger partial charge in [0.15, 0.2) is 11.0 Å². The van der Waals surface area contributed by atoms with Gasteiger partial charge in [0, 0.05) is 29.9 Å². The van der Waals surface area contributed by atoms with Gasteiger partial charge in [0.25, 0.3) is 5.66 Å². The minimum Gasteiger partial charge on any atom is -0.390 e. The number of aliphatic hydroxyl groups excluding tert-OH is 1. The van der Waals surface area contributed by atoms with E-state index < -0.39 is 6.10 Å². The molecule has 10 heteroatoms.